The molecule has 2 unspecified atom stereocenters. The van der Waals surface area contributed by atoms with Gasteiger partial charge in [-0.15, -0.1) is 12.4 Å². The van der Waals surface area contributed by atoms with Gasteiger partial charge in [-0.2, -0.15) is 0 Å². The highest BCUT2D eigenvalue weighted by Gasteiger charge is 2.37. The second kappa shape index (κ2) is 7.88. The Labute approximate surface area is 136 Å². The summed E-state index contributed by atoms with van der Waals surface area (Å²) in [5.41, 5.74) is 5.97. The Morgan fingerprint density at radius 3 is 2.82 bits per heavy atom. The molecule has 0 heterocycles. The number of benzene rings is 1. The van der Waals surface area contributed by atoms with Gasteiger partial charge in [-0.3, -0.25) is 4.79 Å². The number of carbonyl (C=O) groups is 1. The summed E-state index contributed by atoms with van der Waals surface area (Å²) in [5.74, 6) is -1.99. The van der Waals surface area contributed by atoms with E-state index < -0.39 is 17.2 Å². The van der Waals surface area contributed by atoms with E-state index in [0.717, 1.165) is 31.7 Å². The molecule has 0 aromatic heterocycles. The van der Waals surface area contributed by atoms with Gasteiger partial charge in [0.15, 0.2) is 11.6 Å². The van der Waals surface area contributed by atoms with Crippen molar-refractivity contribution < 1.29 is 13.6 Å². The maximum atomic E-state index is 13.5. The molecule has 2 atom stereocenters. The van der Waals surface area contributed by atoms with Gasteiger partial charge in [-0.25, -0.2) is 8.78 Å². The third-order valence-corrected chi connectivity index (χ3v) is 4.30. The van der Waals surface area contributed by atoms with Crippen LogP contribution in [0.3, 0.4) is 0 Å². The minimum atomic E-state index is -0.861. The van der Waals surface area contributed by atoms with Gasteiger partial charge in [-0.1, -0.05) is 25.0 Å². The molecule has 0 bridgehead atoms. The van der Waals surface area contributed by atoms with E-state index in [9.17, 15) is 13.6 Å². The van der Waals surface area contributed by atoms with Crippen molar-refractivity contribution in [1.29, 1.82) is 0 Å². The van der Waals surface area contributed by atoms with Crippen molar-refractivity contribution in [3.8, 4) is 0 Å². The van der Waals surface area contributed by atoms with Crippen molar-refractivity contribution in [1.82, 2.24) is 5.32 Å². The van der Waals surface area contributed by atoms with Gasteiger partial charge in [0.25, 0.3) is 0 Å². The molecule has 22 heavy (non-hydrogen) atoms. The Morgan fingerprint density at radius 2 is 2.14 bits per heavy atom. The molecular weight excluding hydrogens is 310 g/mol. The lowest BCUT2D eigenvalue weighted by Gasteiger charge is -2.37. The fourth-order valence-corrected chi connectivity index (χ4v) is 2.97. The van der Waals surface area contributed by atoms with E-state index in [1.54, 1.807) is 0 Å². The van der Waals surface area contributed by atoms with Crippen LogP contribution >= 0.6 is 12.4 Å². The molecule has 3 nitrogen and oxygen atoms in total. The molecule has 124 valence electrons. The number of hydrogen-bond acceptors (Lipinski definition) is 2. The molecule has 1 fully saturated rings. The molecular formula is C16H23ClF2N2O. The maximum absolute atomic E-state index is 13.5. The van der Waals surface area contributed by atoms with E-state index in [2.05, 4.69) is 5.32 Å². The van der Waals surface area contributed by atoms with Gasteiger partial charge in [0.1, 0.15) is 0 Å². The van der Waals surface area contributed by atoms with Crippen LogP contribution in [0, 0.1) is 17.6 Å². The first-order chi connectivity index (χ1) is 9.92. The predicted molar refractivity (Wildman–Crippen MR) is 84.9 cm³/mol. The zero-order valence-electron chi connectivity index (χ0n) is 12.7. The minimum Gasteiger partial charge on any atom is -0.355 e. The largest absolute Gasteiger partial charge is 0.355 e. The van der Waals surface area contributed by atoms with Crippen LogP contribution in [-0.2, 0) is 11.2 Å². The van der Waals surface area contributed by atoms with Crippen molar-refractivity contribution in [3.05, 3.63) is 35.4 Å². The number of halogens is 3. The third kappa shape index (κ3) is 4.40. The highest BCUT2D eigenvalue weighted by atomic mass is 35.5. The van der Waals surface area contributed by atoms with E-state index in [1.165, 1.54) is 12.1 Å². The summed E-state index contributed by atoms with van der Waals surface area (Å²) in [6.07, 6.45) is 3.94. The predicted octanol–water partition coefficient (Wildman–Crippen LogP) is 2.95. The van der Waals surface area contributed by atoms with Crippen molar-refractivity contribution in [2.75, 3.05) is 6.54 Å². The number of nitrogens with one attached hydrogen (secondary N) is 1. The average Bonchev–Trinajstić information content (AvgIpc) is 2.43. The third-order valence-electron chi connectivity index (χ3n) is 4.30. The molecule has 1 aromatic rings. The highest BCUT2D eigenvalue weighted by Crippen LogP contribution is 2.31. The molecule has 2 rings (SSSR count). The van der Waals surface area contributed by atoms with Gasteiger partial charge in [0, 0.05) is 12.1 Å². The van der Waals surface area contributed by atoms with Crippen LogP contribution in [0.1, 0.15) is 38.2 Å². The number of hydrogen-bond donors (Lipinski definition) is 2. The number of carbonyl (C=O) groups excluding carboxylic acids is 1. The van der Waals surface area contributed by atoms with Crippen LogP contribution < -0.4 is 11.1 Å². The van der Waals surface area contributed by atoms with Crippen molar-refractivity contribution >= 4 is 18.3 Å². The Morgan fingerprint density at radius 1 is 1.41 bits per heavy atom. The van der Waals surface area contributed by atoms with Crippen molar-refractivity contribution in [3.63, 3.8) is 0 Å². The van der Waals surface area contributed by atoms with E-state index in [4.69, 9.17) is 5.73 Å². The van der Waals surface area contributed by atoms with Gasteiger partial charge in [-0.05, 0) is 37.8 Å². The first kappa shape index (κ1) is 18.8. The molecule has 1 amide bonds. The first-order valence-corrected chi connectivity index (χ1v) is 7.41. The SMILES string of the molecule is CC1(N)CCCCC1C(=O)NCCc1cccc(F)c1F.Cl. The van der Waals surface area contributed by atoms with Gasteiger partial charge in [0.2, 0.25) is 5.91 Å². The molecule has 1 saturated carbocycles. The van der Waals surface area contributed by atoms with Gasteiger partial charge >= 0.3 is 0 Å². The fourth-order valence-electron chi connectivity index (χ4n) is 2.97. The van der Waals surface area contributed by atoms with Crippen LogP contribution in [0.2, 0.25) is 0 Å². The Kier molecular flexibility index (Phi) is 6.75. The van der Waals surface area contributed by atoms with Crippen LogP contribution in [0.5, 0.6) is 0 Å². The summed E-state index contributed by atoms with van der Waals surface area (Å²) < 4.78 is 26.6. The molecule has 1 aromatic carbocycles. The molecule has 0 saturated heterocycles. The molecule has 1 aliphatic carbocycles. The van der Waals surface area contributed by atoms with Crippen LogP contribution in [-0.4, -0.2) is 18.0 Å². The molecule has 0 radical (unpaired) electrons. The number of nitrogens with two attached hydrogens (primary N) is 1. The molecule has 0 aliphatic heterocycles. The summed E-state index contributed by atoms with van der Waals surface area (Å²) in [4.78, 5) is 12.2. The summed E-state index contributed by atoms with van der Waals surface area (Å²) in [6.45, 7) is 2.19. The first-order valence-electron chi connectivity index (χ1n) is 7.41. The quantitative estimate of drug-likeness (QED) is 0.890. The summed E-state index contributed by atoms with van der Waals surface area (Å²) in [6, 6.07) is 4.07. The fraction of sp³-hybridized carbons (Fsp3) is 0.562. The van der Waals surface area contributed by atoms with E-state index >= 15 is 0 Å². The van der Waals surface area contributed by atoms with Crippen molar-refractivity contribution in [2.45, 2.75) is 44.6 Å². The molecule has 3 N–H and O–H groups in total. The van der Waals surface area contributed by atoms with E-state index in [1.807, 2.05) is 6.92 Å². The van der Waals surface area contributed by atoms with Crippen LogP contribution in [0.4, 0.5) is 8.78 Å². The number of rotatable bonds is 4. The van der Waals surface area contributed by atoms with Crippen molar-refractivity contribution in [2.24, 2.45) is 11.7 Å². The van der Waals surface area contributed by atoms with Gasteiger partial charge in [0.05, 0.1) is 5.92 Å². The van der Waals surface area contributed by atoms with E-state index in [-0.39, 0.29) is 42.8 Å². The van der Waals surface area contributed by atoms with E-state index in [0.29, 0.717) is 0 Å². The summed E-state index contributed by atoms with van der Waals surface area (Å²) in [5, 5.41) is 2.80. The van der Waals surface area contributed by atoms with Gasteiger partial charge < -0.3 is 11.1 Å². The van der Waals surface area contributed by atoms with Crippen LogP contribution in [0.25, 0.3) is 0 Å². The standard InChI is InChI=1S/C16H22F2N2O.ClH/c1-16(19)9-3-2-6-12(16)15(21)20-10-8-11-5-4-7-13(17)14(11)18;/h4-5,7,12H,2-3,6,8-10,19H2,1H3,(H,20,21);1H. The second-order valence-corrected chi connectivity index (χ2v) is 6.06. The Balaban J connectivity index is 0.00000242. The molecule has 6 heteroatoms. The molecule has 0 spiro atoms. The summed E-state index contributed by atoms with van der Waals surface area (Å²) >= 11 is 0. The second-order valence-electron chi connectivity index (χ2n) is 6.06. The lowest BCUT2D eigenvalue weighted by Crippen LogP contribution is -2.53. The lowest BCUT2D eigenvalue weighted by atomic mass is 9.74. The minimum absolute atomic E-state index is 0. The monoisotopic (exact) mass is 332 g/mol. The molecule has 1 aliphatic rings. The zero-order valence-corrected chi connectivity index (χ0v) is 13.5. The number of amides is 1. The average molecular weight is 333 g/mol. The normalized spacial score (nSPS) is 24.5. The zero-order chi connectivity index (χ0) is 15.5. The topological polar surface area (TPSA) is 55.1 Å². The lowest BCUT2D eigenvalue weighted by molar-refractivity contribution is -0.128. The Bertz CT molecular complexity index is 523. The Hall–Kier alpha value is -1.20. The van der Waals surface area contributed by atoms with Crippen LogP contribution in [0.15, 0.2) is 18.2 Å². The highest BCUT2D eigenvalue weighted by molar-refractivity contribution is 5.85. The smallest absolute Gasteiger partial charge is 0.224 e. The maximum Gasteiger partial charge on any atom is 0.224 e. The summed E-state index contributed by atoms with van der Waals surface area (Å²) in [7, 11) is 0.